The molecule has 2 amide bonds. The predicted molar refractivity (Wildman–Crippen MR) is 147 cm³/mol. The number of halogens is 3. The predicted octanol–water partition coefficient (Wildman–Crippen LogP) is 6.41. The topological polar surface area (TPSA) is 58.6 Å². The molecule has 8 heteroatoms. The van der Waals surface area contributed by atoms with E-state index < -0.39 is 6.04 Å². The van der Waals surface area contributed by atoms with E-state index in [0.29, 0.717) is 17.2 Å². The van der Waals surface area contributed by atoms with E-state index in [1.54, 1.807) is 23.1 Å². The minimum atomic E-state index is -0.722. The second kappa shape index (κ2) is 13.1. The first-order valence-corrected chi connectivity index (χ1v) is 13.2. The number of hydrogen-bond donors (Lipinski definition) is 1. The first-order valence-electron chi connectivity index (χ1n) is 11.2. The van der Waals surface area contributed by atoms with E-state index in [4.69, 9.17) is 16.3 Å². The third-order valence-corrected chi connectivity index (χ3v) is 6.53. The smallest absolute Gasteiger partial charge is 0.261 e. The highest BCUT2D eigenvalue weighted by atomic mass is 79.9. The van der Waals surface area contributed by atoms with Crippen molar-refractivity contribution in [3.05, 3.63) is 97.9 Å². The molecule has 0 aliphatic heterocycles. The lowest BCUT2D eigenvalue weighted by atomic mass is 10.0. The van der Waals surface area contributed by atoms with E-state index in [9.17, 15) is 9.59 Å². The van der Waals surface area contributed by atoms with E-state index in [0.717, 1.165) is 20.1 Å². The number of carbonyl (C=O) groups excluding carboxylic acids is 2. The highest BCUT2D eigenvalue weighted by Gasteiger charge is 2.31. The first kappa shape index (κ1) is 27.2. The van der Waals surface area contributed by atoms with Gasteiger partial charge in [-0.3, -0.25) is 9.59 Å². The lowest BCUT2D eigenvalue weighted by Crippen LogP contribution is -2.52. The van der Waals surface area contributed by atoms with Crippen LogP contribution in [0.25, 0.3) is 0 Å². The average Bonchev–Trinajstić information content (AvgIpc) is 2.82. The van der Waals surface area contributed by atoms with Crippen LogP contribution < -0.4 is 10.1 Å². The molecule has 0 aromatic heterocycles. The molecule has 35 heavy (non-hydrogen) atoms. The average molecular weight is 623 g/mol. The van der Waals surface area contributed by atoms with Crippen molar-refractivity contribution >= 4 is 55.3 Å². The zero-order valence-electron chi connectivity index (χ0n) is 19.5. The molecule has 0 bridgehead atoms. The quantitative estimate of drug-likeness (QED) is 0.285. The van der Waals surface area contributed by atoms with Gasteiger partial charge >= 0.3 is 0 Å². The van der Waals surface area contributed by atoms with Crippen molar-refractivity contribution in [2.75, 3.05) is 6.61 Å². The van der Waals surface area contributed by atoms with Crippen LogP contribution in [0, 0.1) is 0 Å². The van der Waals surface area contributed by atoms with Crippen molar-refractivity contribution in [3.63, 3.8) is 0 Å². The number of ether oxygens (including phenoxy) is 1. The lowest BCUT2D eigenvalue weighted by molar-refractivity contribution is -0.143. The Morgan fingerprint density at radius 2 is 1.60 bits per heavy atom. The largest absolute Gasteiger partial charge is 0.482 e. The molecule has 3 rings (SSSR count). The number of nitrogens with zero attached hydrogens (tertiary/aromatic N) is 1. The molecule has 0 saturated carbocycles. The van der Waals surface area contributed by atoms with Gasteiger partial charge in [0.15, 0.2) is 6.61 Å². The van der Waals surface area contributed by atoms with E-state index in [1.807, 2.05) is 68.4 Å². The van der Waals surface area contributed by atoms with Gasteiger partial charge in [0.2, 0.25) is 5.91 Å². The molecule has 0 fully saturated rings. The van der Waals surface area contributed by atoms with Crippen LogP contribution in [-0.4, -0.2) is 35.4 Å². The van der Waals surface area contributed by atoms with Gasteiger partial charge in [-0.05, 0) is 55.3 Å². The summed E-state index contributed by atoms with van der Waals surface area (Å²) in [5, 5.41) is 3.37. The van der Waals surface area contributed by atoms with Crippen LogP contribution in [0.3, 0.4) is 0 Å². The molecule has 0 aliphatic rings. The molecule has 0 unspecified atom stereocenters. The second-order valence-electron chi connectivity index (χ2n) is 8.38. The van der Waals surface area contributed by atoms with Gasteiger partial charge in [0.25, 0.3) is 5.91 Å². The Morgan fingerprint density at radius 3 is 2.23 bits per heavy atom. The van der Waals surface area contributed by atoms with Crippen LogP contribution in [0.1, 0.15) is 25.0 Å². The van der Waals surface area contributed by atoms with Crippen LogP contribution >= 0.6 is 43.5 Å². The summed E-state index contributed by atoms with van der Waals surface area (Å²) in [5.41, 5.74) is 1.86. The highest BCUT2D eigenvalue weighted by Crippen LogP contribution is 2.28. The first-order chi connectivity index (χ1) is 16.7. The van der Waals surface area contributed by atoms with Crippen LogP contribution in [0.4, 0.5) is 0 Å². The third kappa shape index (κ3) is 8.37. The van der Waals surface area contributed by atoms with Crippen LogP contribution in [0.5, 0.6) is 5.75 Å². The Hall–Kier alpha value is -2.35. The van der Waals surface area contributed by atoms with Gasteiger partial charge < -0.3 is 15.0 Å². The Morgan fingerprint density at radius 1 is 0.943 bits per heavy atom. The summed E-state index contributed by atoms with van der Waals surface area (Å²) in [7, 11) is 0. The molecule has 184 valence electrons. The summed E-state index contributed by atoms with van der Waals surface area (Å²) in [5.74, 6) is -0.124. The van der Waals surface area contributed by atoms with Gasteiger partial charge in [-0.25, -0.2) is 0 Å². The fourth-order valence-electron chi connectivity index (χ4n) is 3.54. The van der Waals surface area contributed by atoms with E-state index in [1.165, 1.54) is 0 Å². The zero-order chi connectivity index (χ0) is 25.4. The van der Waals surface area contributed by atoms with Crippen molar-refractivity contribution < 1.29 is 14.3 Å². The summed E-state index contributed by atoms with van der Waals surface area (Å²) in [6.45, 7) is 3.80. The normalized spacial score (nSPS) is 11.7. The Bertz CT molecular complexity index is 1140. The molecule has 5 nitrogen and oxygen atoms in total. The second-order valence-corrected chi connectivity index (χ2v) is 10.6. The maximum Gasteiger partial charge on any atom is 0.261 e. The van der Waals surface area contributed by atoms with Gasteiger partial charge in [0.05, 0.1) is 5.02 Å². The molecule has 1 N–H and O–H groups in total. The standard InChI is InChI=1S/C27H27Br2ClN2O3/c1-18(2)31-27(34)24(14-19-6-4-3-5-7-19)32(16-20-8-10-21(28)11-9-20)26(33)17-35-25-13-12-22(29)15-23(25)30/h3-13,15,18,24H,14,16-17H2,1-2H3,(H,31,34)/t24-/m0/s1. The fraction of sp³-hybridized carbons (Fsp3) is 0.259. The maximum atomic E-state index is 13.5. The molecule has 0 radical (unpaired) electrons. The van der Waals surface area contributed by atoms with E-state index in [2.05, 4.69) is 37.2 Å². The fourth-order valence-corrected chi connectivity index (χ4v) is 4.53. The van der Waals surface area contributed by atoms with Gasteiger partial charge in [-0.15, -0.1) is 0 Å². The molecule has 0 spiro atoms. The monoisotopic (exact) mass is 620 g/mol. The Labute approximate surface area is 228 Å². The summed E-state index contributed by atoms with van der Waals surface area (Å²) >= 11 is 13.1. The van der Waals surface area contributed by atoms with Gasteiger partial charge in [0.1, 0.15) is 11.8 Å². The summed E-state index contributed by atoms with van der Waals surface area (Å²) in [6.07, 6.45) is 0.376. The van der Waals surface area contributed by atoms with Crippen LogP contribution in [-0.2, 0) is 22.6 Å². The van der Waals surface area contributed by atoms with Crippen molar-refractivity contribution in [3.8, 4) is 5.75 Å². The minimum absolute atomic E-state index is 0.0665. The van der Waals surface area contributed by atoms with Gasteiger partial charge in [-0.1, -0.05) is 85.9 Å². The lowest BCUT2D eigenvalue weighted by Gasteiger charge is -2.32. The Kier molecular flexibility index (Phi) is 10.2. The number of rotatable bonds is 10. The molecule has 1 atom stereocenters. The minimum Gasteiger partial charge on any atom is -0.482 e. The van der Waals surface area contributed by atoms with Crippen molar-refractivity contribution in [1.29, 1.82) is 0 Å². The SMILES string of the molecule is CC(C)NC(=O)[C@H](Cc1ccccc1)N(Cc1ccc(Br)cc1)C(=O)COc1ccc(Br)cc1Cl. The van der Waals surface area contributed by atoms with Crippen molar-refractivity contribution in [2.24, 2.45) is 0 Å². The van der Waals surface area contributed by atoms with E-state index in [-0.39, 0.29) is 31.0 Å². The molecular formula is C27H27Br2ClN2O3. The molecular weight excluding hydrogens is 596 g/mol. The number of carbonyl (C=O) groups is 2. The molecule has 0 aliphatic carbocycles. The van der Waals surface area contributed by atoms with E-state index >= 15 is 0 Å². The number of nitrogens with one attached hydrogen (secondary N) is 1. The summed E-state index contributed by atoms with van der Waals surface area (Å²) in [4.78, 5) is 28.5. The molecule has 3 aromatic rings. The van der Waals surface area contributed by atoms with Gasteiger partial charge in [0, 0.05) is 28.0 Å². The molecule has 0 saturated heterocycles. The van der Waals surface area contributed by atoms with Crippen LogP contribution in [0.15, 0.2) is 81.7 Å². The zero-order valence-corrected chi connectivity index (χ0v) is 23.4. The Balaban J connectivity index is 1.91. The summed E-state index contributed by atoms with van der Waals surface area (Å²) in [6, 6.07) is 21.8. The number of amides is 2. The third-order valence-electron chi connectivity index (χ3n) is 5.21. The summed E-state index contributed by atoms with van der Waals surface area (Å²) < 4.78 is 7.52. The number of benzene rings is 3. The highest BCUT2D eigenvalue weighted by molar-refractivity contribution is 9.10. The van der Waals surface area contributed by atoms with Crippen molar-refractivity contribution in [1.82, 2.24) is 10.2 Å². The van der Waals surface area contributed by atoms with Gasteiger partial charge in [-0.2, -0.15) is 0 Å². The van der Waals surface area contributed by atoms with Crippen molar-refractivity contribution in [2.45, 2.75) is 38.9 Å². The van der Waals surface area contributed by atoms with Crippen LogP contribution in [0.2, 0.25) is 5.02 Å². The molecule has 0 heterocycles. The maximum absolute atomic E-state index is 13.5. The number of hydrogen-bond acceptors (Lipinski definition) is 3. The molecule has 3 aromatic carbocycles.